The molecule has 3 nitrogen and oxygen atoms in total. The highest BCUT2D eigenvalue weighted by Gasteiger charge is 2.60. The average molecular weight is 405 g/mol. The lowest BCUT2D eigenvalue weighted by Gasteiger charge is -2.54. The Morgan fingerprint density at radius 1 is 0.867 bits per heavy atom. The molecule has 1 spiro atoms. The van der Waals surface area contributed by atoms with E-state index < -0.39 is 11.4 Å². The van der Waals surface area contributed by atoms with Gasteiger partial charge in [-0.2, -0.15) is 4.89 Å². The summed E-state index contributed by atoms with van der Waals surface area (Å²) in [6.07, 6.45) is 7.15. The molecule has 0 aromatic heterocycles. The van der Waals surface area contributed by atoms with Crippen LogP contribution in [0.15, 0.2) is 66.7 Å². The number of hydrogen-bond acceptors (Lipinski definition) is 3. The fourth-order valence-corrected chi connectivity index (χ4v) is 5.68. The lowest BCUT2D eigenvalue weighted by atomic mass is 9.68. The second-order valence-corrected chi connectivity index (χ2v) is 10.2. The number of benzene rings is 2. The van der Waals surface area contributed by atoms with Gasteiger partial charge in [0.1, 0.15) is 6.10 Å². The van der Waals surface area contributed by atoms with E-state index in [9.17, 15) is 0 Å². The number of fused-ring (bicyclic) bond motifs is 1. The van der Waals surface area contributed by atoms with Crippen LogP contribution in [-0.2, 0) is 20.1 Å². The summed E-state index contributed by atoms with van der Waals surface area (Å²) < 4.78 is 6.96. The van der Waals surface area contributed by atoms with Crippen molar-refractivity contribution in [1.82, 2.24) is 0 Å². The summed E-state index contributed by atoms with van der Waals surface area (Å²) in [5.74, 6) is -0.385. The van der Waals surface area contributed by atoms with Crippen molar-refractivity contribution in [2.24, 2.45) is 11.3 Å². The van der Waals surface area contributed by atoms with Crippen LogP contribution < -0.4 is 0 Å². The first kappa shape index (κ1) is 20.0. The molecule has 1 aliphatic heterocycles. The Balaban J connectivity index is 1.56. The molecule has 3 aliphatic rings. The van der Waals surface area contributed by atoms with Crippen molar-refractivity contribution in [1.29, 1.82) is 0 Å². The van der Waals surface area contributed by atoms with Gasteiger partial charge in [0, 0.05) is 18.8 Å². The predicted molar refractivity (Wildman–Crippen MR) is 118 cm³/mol. The third kappa shape index (κ3) is 3.24. The summed E-state index contributed by atoms with van der Waals surface area (Å²) in [5, 5.41) is 0. The van der Waals surface area contributed by atoms with Crippen LogP contribution in [0.3, 0.4) is 0 Å². The Labute approximate surface area is 180 Å². The lowest BCUT2D eigenvalue weighted by Crippen LogP contribution is -2.60. The molecule has 2 aromatic rings. The summed E-state index contributed by atoms with van der Waals surface area (Å²) in [6.45, 7) is 6.86. The maximum Gasteiger partial charge on any atom is 0.205 e. The average Bonchev–Trinajstić information content (AvgIpc) is 3.14. The van der Waals surface area contributed by atoms with Crippen LogP contribution in [0, 0.1) is 11.3 Å². The second-order valence-electron chi connectivity index (χ2n) is 10.2. The number of hydrogen-bond donors (Lipinski definition) is 0. The van der Waals surface area contributed by atoms with Gasteiger partial charge in [-0.1, -0.05) is 87.9 Å². The van der Waals surface area contributed by atoms with Crippen LogP contribution in [0.1, 0.15) is 64.0 Å². The van der Waals surface area contributed by atoms with Crippen LogP contribution in [0.25, 0.3) is 5.57 Å². The first-order chi connectivity index (χ1) is 14.4. The molecular formula is C27H32O3. The summed E-state index contributed by atoms with van der Waals surface area (Å²) in [7, 11) is 0. The van der Waals surface area contributed by atoms with Crippen LogP contribution in [0.4, 0.5) is 0 Å². The van der Waals surface area contributed by atoms with E-state index in [1.54, 1.807) is 0 Å². The van der Waals surface area contributed by atoms with Crippen molar-refractivity contribution in [3.05, 3.63) is 77.9 Å². The zero-order valence-corrected chi connectivity index (χ0v) is 18.3. The Kier molecular flexibility index (Phi) is 4.89. The van der Waals surface area contributed by atoms with Gasteiger partial charge in [0.15, 0.2) is 5.60 Å². The third-order valence-corrected chi connectivity index (χ3v) is 7.17. The summed E-state index contributed by atoms with van der Waals surface area (Å²) in [6, 6.07) is 21.0. The molecule has 1 saturated carbocycles. The van der Waals surface area contributed by atoms with Crippen molar-refractivity contribution in [3.8, 4) is 0 Å². The Hall–Kier alpha value is -1.94. The van der Waals surface area contributed by atoms with E-state index in [1.165, 1.54) is 17.6 Å². The van der Waals surface area contributed by atoms with Crippen molar-refractivity contribution >= 4 is 5.57 Å². The van der Waals surface area contributed by atoms with Gasteiger partial charge in [0.05, 0.1) is 0 Å². The van der Waals surface area contributed by atoms with Gasteiger partial charge in [-0.15, -0.1) is 0 Å². The van der Waals surface area contributed by atoms with E-state index >= 15 is 0 Å². The van der Waals surface area contributed by atoms with E-state index in [2.05, 4.69) is 81.4 Å². The largest absolute Gasteiger partial charge is 0.336 e. The van der Waals surface area contributed by atoms with Crippen LogP contribution in [0.5, 0.6) is 0 Å². The molecule has 5 rings (SSSR count). The zero-order valence-electron chi connectivity index (χ0n) is 18.3. The number of rotatable bonds is 2. The minimum absolute atomic E-state index is 0.0844. The first-order valence-corrected chi connectivity index (χ1v) is 11.3. The maximum absolute atomic E-state index is 6.96. The molecular weight excluding hydrogens is 372 g/mol. The standard InChI is InChI=1S/C27H32O3/c1-25(2,3)23-16-10-11-17-27(23)28-24-18-21(20-12-6-4-7-13-20)19-26(24,29-30-27)22-14-8-5-9-15-22/h4-9,12-15,18,23-24H,10-11,16-17,19H2,1-3H3/t23-,24+,26+,27+/m0/s1. The second kappa shape index (κ2) is 7.33. The molecule has 0 bridgehead atoms. The van der Waals surface area contributed by atoms with E-state index in [1.807, 2.05) is 6.07 Å². The topological polar surface area (TPSA) is 27.7 Å². The van der Waals surface area contributed by atoms with Crippen LogP contribution in [-0.4, -0.2) is 11.9 Å². The van der Waals surface area contributed by atoms with Crippen molar-refractivity contribution < 1.29 is 14.5 Å². The highest BCUT2D eigenvalue weighted by molar-refractivity contribution is 5.70. The molecule has 30 heavy (non-hydrogen) atoms. The monoisotopic (exact) mass is 404 g/mol. The quantitative estimate of drug-likeness (QED) is 0.525. The van der Waals surface area contributed by atoms with Gasteiger partial charge in [-0.25, -0.2) is 4.89 Å². The molecule has 2 fully saturated rings. The normalized spacial score (nSPS) is 33.9. The zero-order chi connectivity index (χ0) is 20.8. The smallest absolute Gasteiger partial charge is 0.205 e. The minimum atomic E-state index is -0.678. The molecule has 0 amide bonds. The Bertz CT molecular complexity index is 914. The van der Waals surface area contributed by atoms with Crippen LogP contribution in [0.2, 0.25) is 0 Å². The van der Waals surface area contributed by atoms with E-state index in [0.717, 1.165) is 31.2 Å². The summed E-state index contributed by atoms with van der Waals surface area (Å²) in [5.41, 5.74) is 3.03. The molecule has 0 unspecified atom stereocenters. The van der Waals surface area contributed by atoms with Crippen LogP contribution >= 0.6 is 0 Å². The number of ether oxygens (including phenoxy) is 1. The van der Waals surface area contributed by atoms with Gasteiger partial charge < -0.3 is 4.74 Å². The Morgan fingerprint density at radius 3 is 2.27 bits per heavy atom. The van der Waals surface area contributed by atoms with E-state index in [4.69, 9.17) is 14.5 Å². The molecule has 1 saturated heterocycles. The molecule has 2 aromatic carbocycles. The molecule has 0 radical (unpaired) electrons. The SMILES string of the molecule is CC(C)(C)[C@@H]1CCCC[C@@]12OO[C@@]1(c3ccccc3)CC(c3ccccc3)=C[C@H]1O2. The predicted octanol–water partition coefficient (Wildman–Crippen LogP) is 6.65. The molecule has 158 valence electrons. The minimum Gasteiger partial charge on any atom is -0.336 e. The highest BCUT2D eigenvalue weighted by atomic mass is 17.3. The van der Waals surface area contributed by atoms with E-state index in [0.29, 0.717) is 5.92 Å². The van der Waals surface area contributed by atoms with Crippen molar-refractivity contribution in [2.45, 2.75) is 70.4 Å². The van der Waals surface area contributed by atoms with Gasteiger partial charge in [0.2, 0.25) is 5.79 Å². The van der Waals surface area contributed by atoms with Gasteiger partial charge in [-0.05, 0) is 41.0 Å². The molecule has 0 N–H and O–H groups in total. The summed E-state index contributed by atoms with van der Waals surface area (Å²) in [4.78, 5) is 12.8. The fraction of sp³-hybridized carbons (Fsp3) is 0.481. The van der Waals surface area contributed by atoms with Gasteiger partial charge in [0.25, 0.3) is 0 Å². The highest BCUT2D eigenvalue weighted by Crippen LogP contribution is 2.56. The molecule has 3 heteroatoms. The first-order valence-electron chi connectivity index (χ1n) is 11.3. The van der Waals surface area contributed by atoms with Crippen molar-refractivity contribution in [2.75, 3.05) is 0 Å². The molecule has 4 atom stereocenters. The fourth-order valence-electron chi connectivity index (χ4n) is 5.68. The maximum atomic E-state index is 6.96. The molecule has 2 aliphatic carbocycles. The summed E-state index contributed by atoms with van der Waals surface area (Å²) >= 11 is 0. The third-order valence-electron chi connectivity index (χ3n) is 7.17. The van der Waals surface area contributed by atoms with Gasteiger partial charge >= 0.3 is 0 Å². The van der Waals surface area contributed by atoms with E-state index in [-0.39, 0.29) is 11.5 Å². The Morgan fingerprint density at radius 2 is 1.57 bits per heavy atom. The lowest BCUT2D eigenvalue weighted by molar-refractivity contribution is -0.544. The van der Waals surface area contributed by atoms with Crippen molar-refractivity contribution in [3.63, 3.8) is 0 Å². The molecule has 1 heterocycles. The van der Waals surface area contributed by atoms with Gasteiger partial charge in [-0.3, -0.25) is 0 Å².